The summed E-state index contributed by atoms with van der Waals surface area (Å²) in [5.41, 5.74) is 3.44. The van der Waals surface area contributed by atoms with Gasteiger partial charge in [0.15, 0.2) is 0 Å². The first kappa shape index (κ1) is 7.56. The number of rotatable bonds is 1. The van der Waals surface area contributed by atoms with Gasteiger partial charge in [0, 0.05) is 0 Å². The van der Waals surface area contributed by atoms with Gasteiger partial charge in [0.2, 0.25) is 0 Å². The van der Waals surface area contributed by atoms with Crippen molar-refractivity contribution in [1.29, 1.82) is 0 Å². The monoisotopic (exact) mass is 160 g/mol. The molecule has 0 amide bonds. The lowest BCUT2D eigenvalue weighted by atomic mass is 10.0. The molecule has 0 saturated heterocycles. The molecule has 1 atom stereocenters. The van der Waals surface area contributed by atoms with Crippen molar-refractivity contribution in [2.75, 3.05) is 0 Å². The predicted octanol–water partition coefficient (Wildman–Crippen LogP) is 2.12. The van der Waals surface area contributed by atoms with E-state index in [0.717, 1.165) is 12.0 Å². The second kappa shape index (κ2) is 2.76. The Balaban J connectivity index is 2.35. The molecule has 2 aliphatic carbocycles. The van der Waals surface area contributed by atoms with Crippen LogP contribution in [0.3, 0.4) is 0 Å². The number of allylic oxidation sites excluding steroid dienone is 5. The Morgan fingerprint density at radius 3 is 2.75 bits per heavy atom. The van der Waals surface area contributed by atoms with E-state index in [1.165, 1.54) is 11.1 Å². The van der Waals surface area contributed by atoms with Crippen LogP contribution in [0.4, 0.5) is 0 Å². The summed E-state index contributed by atoms with van der Waals surface area (Å²) >= 11 is 0. The molecule has 1 heteroatoms. The van der Waals surface area contributed by atoms with Gasteiger partial charge in [-0.15, -0.1) is 0 Å². The van der Waals surface area contributed by atoms with E-state index < -0.39 is 0 Å². The third-order valence-electron chi connectivity index (χ3n) is 2.33. The maximum Gasteiger partial charge on any atom is 0.0983 e. The van der Waals surface area contributed by atoms with Crippen molar-refractivity contribution in [3.05, 3.63) is 47.1 Å². The fourth-order valence-electron chi connectivity index (χ4n) is 1.71. The highest BCUT2D eigenvalue weighted by Crippen LogP contribution is 2.29. The molecule has 0 aromatic carbocycles. The molecule has 0 radical (unpaired) electrons. The first-order valence-electron chi connectivity index (χ1n) is 4.23. The van der Waals surface area contributed by atoms with Crippen LogP contribution in [-0.2, 0) is 0 Å². The summed E-state index contributed by atoms with van der Waals surface area (Å²) < 4.78 is 0. The molecule has 0 bridgehead atoms. The van der Waals surface area contributed by atoms with E-state index in [4.69, 9.17) is 0 Å². The smallest absolute Gasteiger partial charge is 0.0983 e. The molecular weight excluding hydrogens is 148 g/mol. The molecule has 12 heavy (non-hydrogen) atoms. The Labute approximate surface area is 72.4 Å². The fourth-order valence-corrected chi connectivity index (χ4v) is 1.71. The van der Waals surface area contributed by atoms with Crippen LogP contribution in [-0.4, -0.2) is 11.2 Å². The van der Waals surface area contributed by atoms with Crippen molar-refractivity contribution in [3.8, 4) is 0 Å². The molecule has 0 saturated carbocycles. The Bertz CT molecular complexity index is 313. The van der Waals surface area contributed by atoms with E-state index in [0.29, 0.717) is 0 Å². The van der Waals surface area contributed by atoms with Crippen LogP contribution in [0.1, 0.15) is 13.3 Å². The molecule has 1 unspecified atom stereocenters. The molecule has 0 aliphatic heterocycles. The highest BCUT2D eigenvalue weighted by atomic mass is 16.3. The van der Waals surface area contributed by atoms with Gasteiger partial charge in [0.05, 0.1) is 6.10 Å². The van der Waals surface area contributed by atoms with Gasteiger partial charge in [0.1, 0.15) is 0 Å². The van der Waals surface area contributed by atoms with Gasteiger partial charge in [-0.3, -0.25) is 0 Å². The summed E-state index contributed by atoms with van der Waals surface area (Å²) in [7, 11) is 0. The summed E-state index contributed by atoms with van der Waals surface area (Å²) in [5.74, 6) is 0. The summed E-state index contributed by atoms with van der Waals surface area (Å²) in [6.07, 6.45) is 10.8. The Kier molecular flexibility index (Phi) is 1.74. The zero-order valence-electron chi connectivity index (χ0n) is 7.12. The number of hydrogen-bond acceptors (Lipinski definition) is 1. The summed E-state index contributed by atoms with van der Waals surface area (Å²) in [6.45, 7) is 2.04. The predicted molar refractivity (Wildman–Crippen MR) is 49.7 cm³/mol. The number of aliphatic hydroxyl groups excluding tert-OH is 1. The van der Waals surface area contributed by atoms with Crippen LogP contribution in [0.25, 0.3) is 0 Å². The van der Waals surface area contributed by atoms with E-state index in [1.807, 2.05) is 19.1 Å². The van der Waals surface area contributed by atoms with Crippen LogP contribution in [0.2, 0.25) is 0 Å². The average molecular weight is 160 g/mol. The molecule has 2 aliphatic rings. The summed E-state index contributed by atoms with van der Waals surface area (Å²) in [5, 5.41) is 9.60. The largest absolute Gasteiger partial charge is 0.384 e. The lowest BCUT2D eigenvalue weighted by molar-refractivity contribution is 0.264. The summed E-state index contributed by atoms with van der Waals surface area (Å²) in [4.78, 5) is 0. The molecule has 0 aromatic heterocycles. The topological polar surface area (TPSA) is 20.2 Å². The van der Waals surface area contributed by atoms with Gasteiger partial charge in [0.25, 0.3) is 0 Å². The van der Waals surface area contributed by atoms with Crippen LogP contribution in [0, 0.1) is 0 Å². The first-order valence-corrected chi connectivity index (χ1v) is 4.23. The molecule has 2 rings (SSSR count). The molecule has 0 aromatic rings. The Morgan fingerprint density at radius 1 is 1.42 bits per heavy atom. The zero-order valence-corrected chi connectivity index (χ0v) is 7.12. The van der Waals surface area contributed by atoms with Gasteiger partial charge >= 0.3 is 0 Å². The van der Waals surface area contributed by atoms with Crippen LogP contribution >= 0.6 is 0 Å². The minimum absolute atomic E-state index is 0.390. The normalized spacial score (nSPS) is 27.2. The Hall–Kier alpha value is -1.08. The third-order valence-corrected chi connectivity index (χ3v) is 2.33. The SMILES string of the molecule is CC1=C(C2=CCC=C2)C(O)C=C1. The van der Waals surface area contributed by atoms with Crippen molar-refractivity contribution in [2.45, 2.75) is 19.4 Å². The average Bonchev–Trinajstić information content (AvgIpc) is 2.61. The zero-order chi connectivity index (χ0) is 8.55. The van der Waals surface area contributed by atoms with Gasteiger partial charge in [-0.05, 0) is 30.1 Å². The standard InChI is InChI=1S/C11H12O/c1-8-6-7-10(12)11(8)9-4-2-3-5-9/h2,4-7,10,12H,3H2,1H3. The van der Waals surface area contributed by atoms with Crippen LogP contribution in [0.15, 0.2) is 47.1 Å². The quantitative estimate of drug-likeness (QED) is 0.623. The minimum Gasteiger partial charge on any atom is -0.384 e. The molecule has 1 nitrogen and oxygen atoms in total. The fraction of sp³-hybridized carbons (Fsp3) is 0.273. The lowest BCUT2D eigenvalue weighted by Gasteiger charge is -2.08. The molecule has 1 N–H and O–H groups in total. The Morgan fingerprint density at radius 2 is 2.25 bits per heavy atom. The van der Waals surface area contributed by atoms with E-state index >= 15 is 0 Å². The summed E-state index contributed by atoms with van der Waals surface area (Å²) in [6, 6.07) is 0. The van der Waals surface area contributed by atoms with Gasteiger partial charge in [-0.2, -0.15) is 0 Å². The van der Waals surface area contributed by atoms with E-state index in [2.05, 4.69) is 18.2 Å². The molecular formula is C11H12O. The van der Waals surface area contributed by atoms with Crippen molar-refractivity contribution in [3.63, 3.8) is 0 Å². The van der Waals surface area contributed by atoms with Crippen molar-refractivity contribution >= 4 is 0 Å². The molecule has 0 heterocycles. The van der Waals surface area contributed by atoms with Crippen molar-refractivity contribution in [2.24, 2.45) is 0 Å². The third kappa shape index (κ3) is 1.07. The van der Waals surface area contributed by atoms with Gasteiger partial charge in [-0.1, -0.05) is 30.4 Å². The highest BCUT2D eigenvalue weighted by molar-refractivity contribution is 5.54. The maximum absolute atomic E-state index is 9.60. The second-order valence-electron chi connectivity index (χ2n) is 3.20. The van der Waals surface area contributed by atoms with Crippen molar-refractivity contribution in [1.82, 2.24) is 0 Å². The molecule has 0 spiro atoms. The van der Waals surface area contributed by atoms with Gasteiger partial charge in [-0.25, -0.2) is 0 Å². The first-order chi connectivity index (χ1) is 5.79. The van der Waals surface area contributed by atoms with E-state index in [1.54, 1.807) is 0 Å². The van der Waals surface area contributed by atoms with Crippen LogP contribution in [0.5, 0.6) is 0 Å². The van der Waals surface area contributed by atoms with Crippen LogP contribution < -0.4 is 0 Å². The van der Waals surface area contributed by atoms with Gasteiger partial charge < -0.3 is 5.11 Å². The number of aliphatic hydroxyl groups is 1. The van der Waals surface area contributed by atoms with Crippen molar-refractivity contribution < 1.29 is 5.11 Å². The lowest BCUT2D eigenvalue weighted by Crippen LogP contribution is -2.04. The molecule has 62 valence electrons. The van der Waals surface area contributed by atoms with E-state index in [-0.39, 0.29) is 6.10 Å². The van der Waals surface area contributed by atoms with E-state index in [9.17, 15) is 5.11 Å². The molecule has 0 fully saturated rings. The number of hydrogen-bond donors (Lipinski definition) is 1. The highest BCUT2D eigenvalue weighted by Gasteiger charge is 2.18. The maximum atomic E-state index is 9.60. The minimum atomic E-state index is -0.390. The second-order valence-corrected chi connectivity index (χ2v) is 3.20.